The zero-order valence-electron chi connectivity index (χ0n) is 25.5. The van der Waals surface area contributed by atoms with Crippen LogP contribution in [-0.4, -0.2) is 25.9 Å². The van der Waals surface area contributed by atoms with E-state index < -0.39 is 20.2 Å². The molecular weight excluding hydrogens is 608 g/mol. The average Bonchev–Trinajstić information content (AvgIpc) is 2.97. The first-order chi connectivity index (χ1) is 20.1. The van der Waals surface area contributed by atoms with Crippen molar-refractivity contribution >= 4 is 20.2 Å². The molecule has 0 fully saturated rings. The van der Waals surface area contributed by atoms with E-state index in [4.69, 9.17) is 3.32 Å². The molecular formula is C32H50O7S2Ti. The van der Waals surface area contributed by atoms with Crippen LogP contribution in [0.15, 0.2) is 58.3 Å². The van der Waals surface area contributed by atoms with Gasteiger partial charge in [0.25, 0.3) is 0 Å². The molecule has 0 radical (unpaired) electrons. The first kappa shape index (κ1) is 40.8. The Bertz CT molecular complexity index is 1040. The normalized spacial score (nSPS) is 11.3. The summed E-state index contributed by atoms with van der Waals surface area (Å²) in [6.45, 7) is 4.45. The van der Waals surface area contributed by atoms with Gasteiger partial charge in [-0.2, -0.15) is 0 Å². The summed E-state index contributed by atoms with van der Waals surface area (Å²) in [5.41, 5.74) is 2.20. The summed E-state index contributed by atoms with van der Waals surface area (Å²) in [7, 11) is -8.62. The Hall–Kier alpha value is -1.23. The number of benzene rings is 2. The molecule has 2 aromatic carbocycles. The summed E-state index contributed by atoms with van der Waals surface area (Å²) in [4.78, 5) is -0.283. The van der Waals surface area contributed by atoms with Crippen molar-refractivity contribution in [3.05, 3.63) is 59.7 Å². The van der Waals surface area contributed by atoms with Crippen LogP contribution in [0.25, 0.3) is 0 Å². The van der Waals surface area contributed by atoms with Crippen LogP contribution < -0.4 is 0 Å². The number of hydrogen-bond acceptors (Lipinski definition) is 7. The monoisotopic (exact) mass is 658 g/mol. The predicted octanol–water partition coefficient (Wildman–Crippen LogP) is 8.43. The maximum atomic E-state index is 10.8. The molecule has 0 heterocycles. The summed E-state index contributed by atoms with van der Waals surface area (Å²) in [5, 5.41) is 0. The fraction of sp³-hybridized carbons (Fsp3) is 0.625. The molecule has 0 saturated heterocycles. The van der Waals surface area contributed by atoms with E-state index in [-0.39, 0.29) is 9.79 Å². The first-order valence-corrected chi connectivity index (χ1v) is 18.8. The Morgan fingerprint density at radius 3 is 0.929 bits per heavy atom. The molecule has 2 rings (SSSR count). The fourth-order valence-electron chi connectivity index (χ4n) is 4.57. The molecule has 0 saturated carbocycles. The van der Waals surface area contributed by atoms with Crippen LogP contribution in [0, 0.1) is 0 Å². The molecule has 0 N–H and O–H groups in total. The van der Waals surface area contributed by atoms with Gasteiger partial charge in [0, 0.05) is 0 Å². The maximum absolute atomic E-state index is 10.8. The third kappa shape index (κ3) is 21.5. The molecule has 42 heavy (non-hydrogen) atoms. The van der Waals surface area contributed by atoms with E-state index in [1.54, 1.807) is 24.3 Å². The Morgan fingerprint density at radius 1 is 0.452 bits per heavy atom. The van der Waals surface area contributed by atoms with Crippen LogP contribution >= 0.6 is 0 Å². The zero-order valence-corrected chi connectivity index (χ0v) is 28.7. The first-order valence-electron chi connectivity index (χ1n) is 15.4. The number of unbranched alkanes of at least 4 members (excludes halogenated alkanes) is 14. The molecule has 236 valence electrons. The Morgan fingerprint density at radius 2 is 0.690 bits per heavy atom. The van der Waals surface area contributed by atoms with Crippen molar-refractivity contribution in [3.63, 3.8) is 0 Å². The van der Waals surface area contributed by atoms with Crippen LogP contribution in [0.1, 0.15) is 128 Å². The van der Waals surface area contributed by atoms with E-state index in [1.165, 1.54) is 114 Å². The number of aryl methyl sites for hydroxylation is 2. The SMILES string of the molecule is CCCCCCCCCCc1ccc(S(=O)(=O)[O-])cc1.CCCCCCCCCCc1ccc(S(=O)(=O)[O-])cc1.[O]=[Ti+2]. The van der Waals surface area contributed by atoms with E-state index in [9.17, 15) is 25.9 Å². The summed E-state index contributed by atoms with van der Waals surface area (Å²) in [5.74, 6) is 0. The molecule has 0 aromatic heterocycles. The summed E-state index contributed by atoms with van der Waals surface area (Å²) < 4.78 is 73.0. The standard InChI is InChI=1S/2C16H26O3S.O.Ti/c2*1-2-3-4-5-6-7-8-9-10-15-11-13-16(14-12-15)20(17,18)19;;/h2*11-14H,2-10H2,1H3,(H,17,18,19);;/q;;;+2/p-2. The van der Waals surface area contributed by atoms with Gasteiger partial charge in [0.15, 0.2) is 0 Å². The van der Waals surface area contributed by atoms with E-state index in [0.717, 1.165) is 57.2 Å². The van der Waals surface area contributed by atoms with Gasteiger partial charge in [-0.15, -0.1) is 0 Å². The van der Waals surface area contributed by atoms with Gasteiger partial charge in [-0.3, -0.25) is 0 Å². The molecule has 7 nitrogen and oxygen atoms in total. The second kappa shape index (κ2) is 25.1. The fourth-order valence-corrected chi connectivity index (χ4v) is 5.51. The van der Waals surface area contributed by atoms with Gasteiger partial charge >= 0.3 is 23.7 Å². The molecule has 2 aromatic rings. The van der Waals surface area contributed by atoms with Crippen molar-refractivity contribution < 1.29 is 49.7 Å². The van der Waals surface area contributed by atoms with Crippen LogP contribution in [0.4, 0.5) is 0 Å². The van der Waals surface area contributed by atoms with E-state index in [2.05, 4.69) is 13.8 Å². The molecule has 0 aliphatic heterocycles. The van der Waals surface area contributed by atoms with Crippen molar-refractivity contribution in [2.75, 3.05) is 0 Å². The van der Waals surface area contributed by atoms with Gasteiger partial charge in [-0.25, -0.2) is 16.8 Å². The average molecular weight is 659 g/mol. The Labute approximate surface area is 267 Å². The number of rotatable bonds is 20. The Kier molecular flexibility index (Phi) is 24.4. The third-order valence-corrected chi connectivity index (χ3v) is 8.76. The molecule has 0 unspecified atom stereocenters. The summed E-state index contributed by atoms with van der Waals surface area (Å²) in [6, 6.07) is 12.6. The molecule has 0 atom stereocenters. The van der Waals surface area contributed by atoms with Crippen molar-refractivity contribution in [3.8, 4) is 0 Å². The molecule has 0 aliphatic carbocycles. The van der Waals surface area contributed by atoms with Crippen molar-refractivity contribution in [1.82, 2.24) is 0 Å². The molecule has 0 aliphatic rings. The van der Waals surface area contributed by atoms with Gasteiger partial charge in [-0.05, 0) is 61.1 Å². The van der Waals surface area contributed by atoms with Gasteiger partial charge < -0.3 is 9.11 Å². The second-order valence-electron chi connectivity index (χ2n) is 10.6. The molecule has 10 heteroatoms. The van der Waals surface area contributed by atoms with Crippen LogP contribution in [-0.2, 0) is 56.8 Å². The van der Waals surface area contributed by atoms with Crippen LogP contribution in [0.2, 0.25) is 0 Å². The quantitative estimate of drug-likeness (QED) is 0.0792. The van der Waals surface area contributed by atoms with Crippen LogP contribution in [0.3, 0.4) is 0 Å². The van der Waals surface area contributed by atoms with Crippen LogP contribution in [0.5, 0.6) is 0 Å². The van der Waals surface area contributed by atoms with Crippen molar-refractivity contribution in [2.24, 2.45) is 0 Å². The molecule has 0 spiro atoms. The van der Waals surface area contributed by atoms with Gasteiger partial charge in [0.05, 0.1) is 9.79 Å². The van der Waals surface area contributed by atoms with Gasteiger partial charge in [0.2, 0.25) is 0 Å². The minimum absolute atomic E-state index is 0.142. The topological polar surface area (TPSA) is 131 Å². The van der Waals surface area contributed by atoms with Crippen molar-refractivity contribution in [2.45, 2.75) is 139 Å². The molecule has 0 amide bonds. The van der Waals surface area contributed by atoms with Gasteiger partial charge in [-0.1, -0.05) is 128 Å². The summed E-state index contributed by atoms with van der Waals surface area (Å²) in [6.07, 6.45) is 22.4. The zero-order chi connectivity index (χ0) is 31.7. The third-order valence-electron chi connectivity index (χ3n) is 7.06. The Balaban J connectivity index is 0.000000756. The molecule has 0 bridgehead atoms. The van der Waals surface area contributed by atoms with E-state index in [0.29, 0.717) is 0 Å². The minimum atomic E-state index is -4.31. The van der Waals surface area contributed by atoms with Gasteiger partial charge in [0.1, 0.15) is 20.2 Å². The predicted molar refractivity (Wildman–Crippen MR) is 162 cm³/mol. The second-order valence-corrected chi connectivity index (χ2v) is 13.4. The van der Waals surface area contributed by atoms with Crippen molar-refractivity contribution in [1.29, 1.82) is 0 Å². The van der Waals surface area contributed by atoms with E-state index in [1.807, 2.05) is 0 Å². The number of hydrogen-bond donors (Lipinski definition) is 0. The summed E-state index contributed by atoms with van der Waals surface area (Å²) >= 11 is 0.750. The van der Waals surface area contributed by atoms with E-state index >= 15 is 0 Å².